The molecule has 5 atom stereocenters. The van der Waals surface area contributed by atoms with E-state index in [1.54, 1.807) is 18.2 Å². The number of carbonyl (C=O) groups is 1. The van der Waals surface area contributed by atoms with E-state index >= 15 is 4.39 Å². The topological polar surface area (TPSA) is 112 Å². The van der Waals surface area contributed by atoms with Gasteiger partial charge >= 0.3 is 12.1 Å². The van der Waals surface area contributed by atoms with Crippen LogP contribution in [0.4, 0.5) is 19.4 Å². The van der Waals surface area contributed by atoms with Crippen molar-refractivity contribution in [1.29, 1.82) is 0 Å². The van der Waals surface area contributed by atoms with E-state index < -0.39 is 23.1 Å². The van der Waals surface area contributed by atoms with E-state index in [1.807, 2.05) is 37.8 Å². The van der Waals surface area contributed by atoms with Gasteiger partial charge in [-0.25, -0.2) is 18.6 Å². The number of fused-ring (bicyclic) bond motifs is 7. The summed E-state index contributed by atoms with van der Waals surface area (Å²) < 4.78 is 61.9. The lowest BCUT2D eigenvalue weighted by Crippen LogP contribution is -2.63. The third-order valence-corrected chi connectivity index (χ3v) is 11.8. The highest BCUT2D eigenvalue weighted by molar-refractivity contribution is 6.36. The van der Waals surface area contributed by atoms with Crippen LogP contribution in [0.1, 0.15) is 52.9 Å². The molecule has 54 heavy (non-hydrogen) atoms. The van der Waals surface area contributed by atoms with Gasteiger partial charge in [-0.1, -0.05) is 23.7 Å². The maximum Gasteiger partial charge on any atom is 0.410 e. The minimum atomic E-state index is -0.940. The number of hydrogen-bond acceptors (Lipinski definition) is 11. The zero-order chi connectivity index (χ0) is 37.5. The number of nitrogens with zero attached hydrogens (tertiary/aromatic N) is 6. The predicted molar refractivity (Wildman–Crippen MR) is 198 cm³/mol. The lowest BCUT2D eigenvalue weighted by molar-refractivity contribution is 0.00537. The number of ether oxygens (including phenoxy) is 5. The molecule has 7 heterocycles. The third kappa shape index (κ3) is 5.92. The SMILES string of the molecule is COCOc1cc(-c2nc3c4c(nc(OC[C@@]56CCCN5C[C@H](F)C6)nc4c2F)N2C[C@@H]4CC[C@H](C2CO3)N4C(=O)OC(C)(C)C)c2c(Cl)cccc2c1. The van der Waals surface area contributed by atoms with Crippen molar-refractivity contribution in [3.8, 4) is 28.9 Å². The van der Waals surface area contributed by atoms with Gasteiger partial charge in [0.1, 0.15) is 53.2 Å². The number of hydrogen-bond donors (Lipinski definition) is 0. The van der Waals surface area contributed by atoms with Crippen LogP contribution < -0.4 is 19.1 Å². The fourth-order valence-electron chi connectivity index (χ4n) is 9.31. The molecule has 0 N–H and O–H groups in total. The Bertz CT molecular complexity index is 2160. The van der Waals surface area contributed by atoms with Crippen LogP contribution in [0.25, 0.3) is 32.9 Å². The molecule has 4 aromatic rings. The van der Waals surface area contributed by atoms with Gasteiger partial charge in [0.15, 0.2) is 12.6 Å². The van der Waals surface area contributed by atoms with Crippen LogP contribution in [0.5, 0.6) is 17.6 Å². The molecule has 0 aliphatic carbocycles. The summed E-state index contributed by atoms with van der Waals surface area (Å²) in [5.74, 6) is 0.287. The first kappa shape index (κ1) is 35.4. The number of piperazine rings is 1. The number of halogens is 3. The van der Waals surface area contributed by atoms with Crippen LogP contribution in [0.2, 0.25) is 5.02 Å². The molecule has 4 saturated heterocycles. The van der Waals surface area contributed by atoms with Gasteiger partial charge in [0.25, 0.3) is 0 Å². The second-order valence-corrected chi connectivity index (χ2v) is 16.5. The number of alkyl halides is 1. The van der Waals surface area contributed by atoms with E-state index in [0.29, 0.717) is 57.8 Å². The van der Waals surface area contributed by atoms with E-state index in [0.717, 1.165) is 32.2 Å². The molecule has 1 unspecified atom stereocenters. The molecule has 2 aromatic carbocycles. The highest BCUT2D eigenvalue weighted by Crippen LogP contribution is 2.47. The highest BCUT2D eigenvalue weighted by Gasteiger charge is 2.52. The zero-order valence-electron chi connectivity index (χ0n) is 30.7. The number of amides is 1. The summed E-state index contributed by atoms with van der Waals surface area (Å²) in [5, 5.41) is 2.00. The lowest BCUT2D eigenvalue weighted by Gasteiger charge is -2.46. The molecule has 4 fully saturated rings. The Morgan fingerprint density at radius 3 is 2.76 bits per heavy atom. The van der Waals surface area contributed by atoms with Gasteiger partial charge in [0, 0.05) is 42.6 Å². The molecule has 1 amide bonds. The van der Waals surface area contributed by atoms with Crippen molar-refractivity contribution in [2.24, 2.45) is 0 Å². The average Bonchev–Trinajstić information content (AvgIpc) is 3.73. The minimum absolute atomic E-state index is 0.0213. The molecule has 15 heteroatoms. The summed E-state index contributed by atoms with van der Waals surface area (Å²) in [4.78, 5) is 34.2. The van der Waals surface area contributed by atoms with E-state index in [1.165, 1.54) is 7.11 Å². The quantitative estimate of drug-likeness (QED) is 0.183. The predicted octanol–water partition coefficient (Wildman–Crippen LogP) is 6.92. The number of methoxy groups -OCH3 is 1. The van der Waals surface area contributed by atoms with E-state index in [4.69, 9.17) is 50.2 Å². The Balaban J connectivity index is 1.19. The van der Waals surface area contributed by atoms with Crippen LogP contribution in [0.15, 0.2) is 30.3 Å². The number of anilines is 1. The summed E-state index contributed by atoms with van der Waals surface area (Å²) in [5.41, 5.74) is -0.828. The van der Waals surface area contributed by atoms with Gasteiger partial charge in [0.05, 0.1) is 23.7 Å². The molecule has 0 spiro atoms. The van der Waals surface area contributed by atoms with Gasteiger partial charge in [0.2, 0.25) is 5.88 Å². The van der Waals surface area contributed by atoms with Crippen molar-refractivity contribution >= 4 is 45.2 Å². The smallest absolute Gasteiger partial charge is 0.410 e. The number of rotatable bonds is 7. The van der Waals surface area contributed by atoms with Gasteiger partial charge in [-0.3, -0.25) is 9.80 Å². The normalized spacial score (nSPS) is 26.1. The minimum Gasteiger partial charge on any atom is -0.475 e. The summed E-state index contributed by atoms with van der Waals surface area (Å²) in [7, 11) is 1.52. The molecular formula is C39H43ClF2N6O6. The Morgan fingerprint density at radius 1 is 1.09 bits per heavy atom. The number of carbonyl (C=O) groups excluding carboxylic acids is 1. The van der Waals surface area contributed by atoms with Crippen molar-refractivity contribution in [3.63, 3.8) is 0 Å². The van der Waals surface area contributed by atoms with E-state index in [9.17, 15) is 9.18 Å². The van der Waals surface area contributed by atoms with Gasteiger partial charge in [-0.2, -0.15) is 9.97 Å². The largest absolute Gasteiger partial charge is 0.475 e. The Labute approximate surface area is 316 Å². The van der Waals surface area contributed by atoms with Crippen LogP contribution in [-0.2, 0) is 9.47 Å². The second kappa shape index (κ2) is 13.2. The average molecular weight is 765 g/mol. The molecule has 0 saturated carbocycles. The summed E-state index contributed by atoms with van der Waals surface area (Å²) in [6.45, 7) is 7.43. The molecule has 2 bridgehead atoms. The number of pyridine rings is 1. The van der Waals surface area contributed by atoms with E-state index in [2.05, 4.69) is 9.80 Å². The van der Waals surface area contributed by atoms with E-state index in [-0.39, 0.29) is 67.3 Å². The van der Waals surface area contributed by atoms with Crippen LogP contribution in [-0.4, -0.2) is 113 Å². The molecule has 2 aromatic heterocycles. The van der Waals surface area contributed by atoms with Crippen molar-refractivity contribution in [1.82, 2.24) is 24.8 Å². The maximum atomic E-state index is 17.4. The van der Waals surface area contributed by atoms with Crippen molar-refractivity contribution in [2.45, 2.75) is 88.3 Å². The summed E-state index contributed by atoms with van der Waals surface area (Å²) in [6, 6.07) is 8.10. The standard InChI is InChI=1S/C39H43ClF2N6O6/c1-38(2,3)54-37(49)48-23-9-10-27(48)28-18-51-35-30-33(31(42)32(43-35)25-14-24(53-20-50-4)13-21-7-5-8-26(40)29(21)25)44-36(45-34(30)47(28)17-23)52-19-39-11-6-12-46(39)16-22(41)15-39/h5,7-8,13-14,22-23,27-28H,6,9-12,15-20H2,1-4H3/t22-,23+,27-,28?,39+/m1/s1. The fraction of sp³-hybridized carbons (Fsp3) is 0.538. The van der Waals surface area contributed by atoms with Crippen LogP contribution in [0.3, 0.4) is 0 Å². The van der Waals surface area contributed by atoms with Crippen LogP contribution in [0, 0.1) is 5.82 Å². The number of benzene rings is 2. The highest BCUT2D eigenvalue weighted by atomic mass is 35.5. The lowest BCUT2D eigenvalue weighted by atomic mass is 9.95. The first-order valence-corrected chi connectivity index (χ1v) is 19.0. The number of aromatic nitrogens is 3. The fourth-order valence-corrected chi connectivity index (χ4v) is 9.59. The molecule has 5 aliphatic rings. The molecule has 9 rings (SSSR count). The zero-order valence-corrected chi connectivity index (χ0v) is 31.5. The molecule has 0 radical (unpaired) electrons. The van der Waals surface area contributed by atoms with Crippen molar-refractivity contribution in [3.05, 3.63) is 41.2 Å². The molecule has 5 aliphatic heterocycles. The molecule has 286 valence electrons. The Hall–Kier alpha value is -4.27. The summed E-state index contributed by atoms with van der Waals surface area (Å²) >= 11 is 6.78. The van der Waals surface area contributed by atoms with Crippen molar-refractivity contribution in [2.75, 3.05) is 51.7 Å². The Morgan fingerprint density at radius 2 is 1.94 bits per heavy atom. The van der Waals surface area contributed by atoms with Crippen molar-refractivity contribution < 1.29 is 37.3 Å². The summed E-state index contributed by atoms with van der Waals surface area (Å²) in [6.07, 6.45) is 2.29. The Kier molecular flexibility index (Phi) is 8.66. The first-order valence-electron chi connectivity index (χ1n) is 18.6. The first-order chi connectivity index (χ1) is 25.9. The third-order valence-electron chi connectivity index (χ3n) is 11.5. The maximum absolute atomic E-state index is 17.4. The van der Waals surface area contributed by atoms with Gasteiger partial charge in [-0.15, -0.1) is 0 Å². The van der Waals surface area contributed by atoms with Gasteiger partial charge < -0.3 is 28.6 Å². The van der Waals surface area contributed by atoms with Crippen LogP contribution >= 0.6 is 11.6 Å². The second-order valence-electron chi connectivity index (χ2n) is 16.1. The monoisotopic (exact) mass is 764 g/mol. The molecule has 12 nitrogen and oxygen atoms in total. The van der Waals surface area contributed by atoms with Gasteiger partial charge in [-0.05, 0) is 76.6 Å². The molecular weight excluding hydrogens is 722 g/mol.